The Labute approximate surface area is 60.0 Å². The fraction of sp³-hybridized carbons (Fsp3) is 0.778. The summed E-state index contributed by atoms with van der Waals surface area (Å²) in [5.74, 6) is 0. The van der Waals surface area contributed by atoms with Gasteiger partial charge in [-0.2, -0.15) is 0 Å². The zero-order chi connectivity index (χ0) is 7.70. The van der Waals surface area contributed by atoms with Crippen molar-refractivity contribution in [1.29, 1.82) is 0 Å². The van der Waals surface area contributed by atoms with Crippen LogP contribution in [0.25, 0.3) is 0 Å². The van der Waals surface area contributed by atoms with Gasteiger partial charge in [-0.25, -0.2) is 0 Å². The first-order chi connectivity index (χ1) is 4.35. The quantitative estimate of drug-likeness (QED) is 0.496. The fourth-order valence-electron chi connectivity index (χ4n) is 0.658. The van der Waals surface area contributed by atoms with E-state index >= 15 is 0 Å². The Morgan fingerprint density at radius 3 is 1.44 bits per heavy atom. The SMILES string of the molecule is CC.CC=C(CC)CC. The summed E-state index contributed by atoms with van der Waals surface area (Å²) in [7, 11) is 0. The molecule has 0 heterocycles. The lowest BCUT2D eigenvalue weighted by molar-refractivity contribution is 0.972. The van der Waals surface area contributed by atoms with Gasteiger partial charge in [0.15, 0.2) is 0 Å². The average molecular weight is 128 g/mol. The minimum absolute atomic E-state index is 1.22. The highest BCUT2D eigenvalue weighted by Gasteiger charge is 1.82. The van der Waals surface area contributed by atoms with Crippen molar-refractivity contribution in [3.8, 4) is 0 Å². The molecule has 0 aliphatic carbocycles. The number of rotatable bonds is 2. The van der Waals surface area contributed by atoms with Crippen molar-refractivity contribution in [2.45, 2.75) is 47.5 Å². The third-order valence-electron chi connectivity index (χ3n) is 1.32. The molecule has 56 valence electrons. The van der Waals surface area contributed by atoms with Crippen LogP contribution in [0.4, 0.5) is 0 Å². The molecule has 0 aromatic rings. The maximum Gasteiger partial charge on any atom is -0.0349 e. The third kappa shape index (κ3) is 7.74. The van der Waals surface area contributed by atoms with E-state index in [-0.39, 0.29) is 0 Å². The monoisotopic (exact) mass is 128 g/mol. The van der Waals surface area contributed by atoms with Crippen LogP contribution < -0.4 is 0 Å². The highest BCUT2D eigenvalue weighted by atomic mass is 13.9. The average Bonchev–Trinajstić information content (AvgIpc) is 1.96. The lowest BCUT2D eigenvalue weighted by Crippen LogP contribution is -1.72. The van der Waals surface area contributed by atoms with Crippen LogP contribution in [0.1, 0.15) is 47.5 Å². The van der Waals surface area contributed by atoms with Crippen molar-refractivity contribution in [3.05, 3.63) is 11.6 Å². The zero-order valence-electron chi connectivity index (χ0n) is 7.49. The first-order valence-corrected chi connectivity index (χ1v) is 3.99. The van der Waals surface area contributed by atoms with Crippen molar-refractivity contribution in [2.75, 3.05) is 0 Å². The highest BCUT2D eigenvalue weighted by Crippen LogP contribution is 2.02. The molecular formula is C9H20. The highest BCUT2D eigenvalue weighted by molar-refractivity contribution is 4.97. The van der Waals surface area contributed by atoms with Gasteiger partial charge in [0, 0.05) is 0 Å². The summed E-state index contributed by atoms with van der Waals surface area (Å²) in [4.78, 5) is 0. The van der Waals surface area contributed by atoms with Crippen molar-refractivity contribution < 1.29 is 0 Å². The Hall–Kier alpha value is -0.260. The molecule has 0 heteroatoms. The molecule has 0 saturated heterocycles. The second-order valence-corrected chi connectivity index (χ2v) is 1.65. The fourth-order valence-corrected chi connectivity index (χ4v) is 0.658. The third-order valence-corrected chi connectivity index (χ3v) is 1.32. The predicted octanol–water partition coefficient (Wildman–Crippen LogP) is 3.78. The molecule has 0 nitrogen and oxygen atoms in total. The van der Waals surface area contributed by atoms with Gasteiger partial charge in [0.2, 0.25) is 0 Å². The van der Waals surface area contributed by atoms with Crippen molar-refractivity contribution >= 4 is 0 Å². The van der Waals surface area contributed by atoms with Crippen LogP contribution in [-0.4, -0.2) is 0 Å². The summed E-state index contributed by atoms with van der Waals surface area (Å²) in [6.07, 6.45) is 4.62. The van der Waals surface area contributed by atoms with E-state index in [1.54, 1.807) is 5.57 Å². The van der Waals surface area contributed by atoms with Crippen LogP contribution in [0, 0.1) is 0 Å². The van der Waals surface area contributed by atoms with Gasteiger partial charge < -0.3 is 0 Å². The van der Waals surface area contributed by atoms with Crippen molar-refractivity contribution in [3.63, 3.8) is 0 Å². The Balaban J connectivity index is 0. The zero-order valence-corrected chi connectivity index (χ0v) is 7.49. The summed E-state index contributed by atoms with van der Waals surface area (Å²) >= 11 is 0. The molecule has 0 aliphatic rings. The van der Waals surface area contributed by atoms with E-state index in [1.165, 1.54) is 12.8 Å². The van der Waals surface area contributed by atoms with Gasteiger partial charge in [0.1, 0.15) is 0 Å². The molecule has 0 bridgehead atoms. The van der Waals surface area contributed by atoms with Crippen molar-refractivity contribution in [1.82, 2.24) is 0 Å². The molecule has 0 aliphatic heterocycles. The van der Waals surface area contributed by atoms with Gasteiger partial charge in [-0.1, -0.05) is 39.3 Å². The van der Waals surface area contributed by atoms with Gasteiger partial charge in [-0.15, -0.1) is 0 Å². The number of hydrogen-bond acceptors (Lipinski definition) is 0. The van der Waals surface area contributed by atoms with E-state index in [1.807, 2.05) is 13.8 Å². The van der Waals surface area contributed by atoms with Crippen LogP contribution in [0.2, 0.25) is 0 Å². The maximum absolute atomic E-state index is 2.19. The van der Waals surface area contributed by atoms with Crippen LogP contribution in [0.5, 0.6) is 0 Å². The van der Waals surface area contributed by atoms with Crippen LogP contribution in [0.15, 0.2) is 11.6 Å². The molecule has 0 aromatic carbocycles. The molecule has 0 N–H and O–H groups in total. The summed E-state index contributed by atoms with van der Waals surface area (Å²) in [6, 6.07) is 0. The largest absolute Gasteiger partial charge is 0.0885 e. The summed E-state index contributed by atoms with van der Waals surface area (Å²) in [5, 5.41) is 0. The Morgan fingerprint density at radius 2 is 1.44 bits per heavy atom. The van der Waals surface area contributed by atoms with Gasteiger partial charge in [-0.05, 0) is 19.8 Å². The molecule has 0 radical (unpaired) electrons. The van der Waals surface area contributed by atoms with Gasteiger partial charge >= 0.3 is 0 Å². The molecule has 0 atom stereocenters. The smallest absolute Gasteiger partial charge is 0.0349 e. The van der Waals surface area contributed by atoms with E-state index in [2.05, 4.69) is 26.8 Å². The summed E-state index contributed by atoms with van der Waals surface area (Å²) in [6.45, 7) is 10.5. The van der Waals surface area contributed by atoms with Crippen LogP contribution >= 0.6 is 0 Å². The van der Waals surface area contributed by atoms with Gasteiger partial charge in [0.25, 0.3) is 0 Å². The number of hydrogen-bond donors (Lipinski definition) is 0. The predicted molar refractivity (Wildman–Crippen MR) is 45.7 cm³/mol. The number of allylic oxidation sites excluding steroid dienone is 2. The van der Waals surface area contributed by atoms with Crippen LogP contribution in [0.3, 0.4) is 0 Å². The molecule has 0 fully saturated rings. The van der Waals surface area contributed by atoms with Gasteiger partial charge in [-0.3, -0.25) is 0 Å². The Kier molecular flexibility index (Phi) is 13.7. The minimum atomic E-state index is 1.22. The van der Waals surface area contributed by atoms with E-state index < -0.39 is 0 Å². The Morgan fingerprint density at radius 1 is 1.11 bits per heavy atom. The molecule has 0 spiro atoms. The summed E-state index contributed by atoms with van der Waals surface area (Å²) < 4.78 is 0. The van der Waals surface area contributed by atoms with E-state index in [9.17, 15) is 0 Å². The van der Waals surface area contributed by atoms with E-state index in [4.69, 9.17) is 0 Å². The van der Waals surface area contributed by atoms with E-state index in [0.717, 1.165) is 0 Å². The molecule has 0 amide bonds. The Bertz CT molecular complexity index is 54.4. The lowest BCUT2D eigenvalue weighted by Gasteiger charge is -1.93. The normalized spacial score (nSPS) is 7.22. The molecule has 0 aromatic heterocycles. The van der Waals surface area contributed by atoms with Crippen molar-refractivity contribution in [2.24, 2.45) is 0 Å². The standard InChI is InChI=1S/C7H14.C2H6/c1-4-7(5-2)6-3;1-2/h4H,5-6H2,1-3H3;1-2H3. The second kappa shape index (κ2) is 10.7. The topological polar surface area (TPSA) is 0 Å². The van der Waals surface area contributed by atoms with Crippen LogP contribution in [-0.2, 0) is 0 Å². The minimum Gasteiger partial charge on any atom is -0.0885 e. The maximum atomic E-state index is 2.19. The molecule has 0 rings (SSSR count). The second-order valence-electron chi connectivity index (χ2n) is 1.65. The first-order valence-electron chi connectivity index (χ1n) is 3.99. The molecule has 9 heavy (non-hydrogen) atoms. The van der Waals surface area contributed by atoms with E-state index in [0.29, 0.717) is 0 Å². The molecule has 0 unspecified atom stereocenters. The lowest BCUT2D eigenvalue weighted by atomic mass is 10.1. The first kappa shape index (κ1) is 11.5. The molecule has 0 saturated carbocycles. The molecular weight excluding hydrogens is 108 g/mol. The summed E-state index contributed by atoms with van der Waals surface area (Å²) in [5.41, 5.74) is 1.56. The van der Waals surface area contributed by atoms with Gasteiger partial charge in [0.05, 0.1) is 0 Å².